The number of sulfonamides is 1. The van der Waals surface area contributed by atoms with Gasteiger partial charge in [0.05, 0.1) is 17.5 Å². The van der Waals surface area contributed by atoms with Crippen molar-refractivity contribution in [3.8, 4) is 11.5 Å². The minimum absolute atomic E-state index is 0.00211. The topological polar surface area (TPSA) is 116 Å². The molecule has 170 valence electrons. The van der Waals surface area contributed by atoms with E-state index in [-0.39, 0.29) is 23.0 Å². The molecule has 0 bridgehead atoms. The van der Waals surface area contributed by atoms with Crippen LogP contribution in [0.15, 0.2) is 47.4 Å². The van der Waals surface area contributed by atoms with E-state index in [1.807, 2.05) is 6.92 Å². The third-order valence-electron chi connectivity index (χ3n) is 4.70. The zero-order valence-electron chi connectivity index (χ0n) is 18.0. The summed E-state index contributed by atoms with van der Waals surface area (Å²) in [5.74, 6) is -2.03. The second-order valence-electron chi connectivity index (χ2n) is 7.18. The number of carbonyl (C=O) groups excluding carboxylic acids is 3. The molecule has 1 saturated heterocycles. The van der Waals surface area contributed by atoms with Crippen molar-refractivity contribution in [3.05, 3.63) is 53.6 Å². The monoisotopic (exact) mass is 461 g/mol. The smallest absolute Gasteiger partial charge is 0.326 e. The third-order valence-corrected chi connectivity index (χ3v) is 6.58. The zero-order valence-corrected chi connectivity index (χ0v) is 18.8. The normalized spacial score (nSPS) is 19.7. The Balaban J connectivity index is 2.03. The lowest BCUT2D eigenvalue weighted by Crippen LogP contribution is -2.21. The third kappa shape index (κ3) is 4.81. The first-order chi connectivity index (χ1) is 15.1. The molecule has 1 aliphatic heterocycles. The van der Waals surface area contributed by atoms with Gasteiger partial charge < -0.3 is 14.2 Å². The number of carbonyl (C=O) groups is 3. The highest BCUT2D eigenvalue weighted by Gasteiger charge is 2.61. The standard InChI is InChI=1S/C22H23NO8S/c1-5-29-22(26)21-20(23(21)32(27,28)17-9-6-13(2)7-10-17)16-8-11-18(30-14(3)24)19(12-16)31-15(4)25/h6-12,20-21H,5H2,1-4H3/t20-,21-,23?/m0/s1. The van der Waals surface area contributed by atoms with Crippen LogP contribution in [-0.4, -0.2) is 43.3 Å². The fourth-order valence-corrected chi connectivity index (χ4v) is 5.02. The van der Waals surface area contributed by atoms with Crippen molar-refractivity contribution < 1.29 is 37.0 Å². The Kier molecular flexibility index (Phi) is 6.65. The molecule has 10 heteroatoms. The highest BCUT2D eigenvalue weighted by Crippen LogP contribution is 2.49. The van der Waals surface area contributed by atoms with E-state index in [9.17, 15) is 22.8 Å². The second-order valence-corrected chi connectivity index (χ2v) is 9.03. The van der Waals surface area contributed by atoms with Crippen LogP contribution in [0.5, 0.6) is 11.5 Å². The molecule has 0 aromatic heterocycles. The quantitative estimate of drug-likeness (QED) is 0.351. The molecule has 9 nitrogen and oxygen atoms in total. The molecule has 0 N–H and O–H groups in total. The summed E-state index contributed by atoms with van der Waals surface area (Å²) >= 11 is 0. The van der Waals surface area contributed by atoms with Gasteiger partial charge in [0, 0.05) is 13.8 Å². The van der Waals surface area contributed by atoms with Gasteiger partial charge in [-0.15, -0.1) is 0 Å². The summed E-state index contributed by atoms with van der Waals surface area (Å²) in [7, 11) is -4.02. The first-order valence-electron chi connectivity index (χ1n) is 9.84. The van der Waals surface area contributed by atoms with Gasteiger partial charge in [-0.1, -0.05) is 23.8 Å². The molecule has 3 atom stereocenters. The molecule has 1 fully saturated rings. The van der Waals surface area contributed by atoms with E-state index in [0.717, 1.165) is 9.87 Å². The van der Waals surface area contributed by atoms with E-state index >= 15 is 0 Å². The molecule has 1 aliphatic rings. The predicted molar refractivity (Wildman–Crippen MR) is 112 cm³/mol. The molecule has 3 rings (SSSR count). The van der Waals surface area contributed by atoms with Crippen LogP contribution in [0.2, 0.25) is 0 Å². The van der Waals surface area contributed by atoms with Crippen molar-refractivity contribution >= 4 is 27.9 Å². The van der Waals surface area contributed by atoms with Gasteiger partial charge in [-0.3, -0.25) is 14.4 Å². The number of benzene rings is 2. The number of nitrogens with zero attached hydrogens (tertiary/aromatic N) is 1. The number of aryl methyl sites for hydroxylation is 1. The molecule has 32 heavy (non-hydrogen) atoms. The average Bonchev–Trinajstić information content (AvgIpc) is 3.46. The summed E-state index contributed by atoms with van der Waals surface area (Å²) in [6, 6.07) is 8.58. The first kappa shape index (κ1) is 23.4. The highest BCUT2D eigenvalue weighted by molar-refractivity contribution is 7.89. The Morgan fingerprint density at radius 2 is 1.53 bits per heavy atom. The van der Waals surface area contributed by atoms with Crippen LogP contribution in [0.1, 0.15) is 37.9 Å². The van der Waals surface area contributed by atoms with Crippen LogP contribution in [0, 0.1) is 6.92 Å². The van der Waals surface area contributed by atoms with Crippen molar-refractivity contribution in [1.82, 2.24) is 4.31 Å². The SMILES string of the molecule is CCOC(=O)[C@@H]1[C@H](c2ccc(OC(C)=O)c(OC(C)=O)c2)N1S(=O)(=O)c1ccc(C)cc1. The van der Waals surface area contributed by atoms with Crippen LogP contribution in [-0.2, 0) is 29.1 Å². The van der Waals surface area contributed by atoms with Gasteiger partial charge in [-0.25, -0.2) is 8.42 Å². The van der Waals surface area contributed by atoms with E-state index in [1.165, 1.54) is 44.2 Å². The lowest BCUT2D eigenvalue weighted by atomic mass is 10.1. The van der Waals surface area contributed by atoms with Gasteiger partial charge >= 0.3 is 17.9 Å². The van der Waals surface area contributed by atoms with Gasteiger partial charge in [0.25, 0.3) is 0 Å². The molecule has 2 aromatic rings. The fourth-order valence-electron chi connectivity index (χ4n) is 3.31. The molecular weight excluding hydrogens is 438 g/mol. The summed E-state index contributed by atoms with van der Waals surface area (Å²) < 4.78 is 42.8. The molecule has 2 aromatic carbocycles. The van der Waals surface area contributed by atoms with E-state index < -0.39 is 40.0 Å². The Morgan fingerprint density at radius 3 is 2.09 bits per heavy atom. The van der Waals surface area contributed by atoms with Crippen molar-refractivity contribution in [1.29, 1.82) is 0 Å². The number of hydrogen-bond donors (Lipinski definition) is 0. The van der Waals surface area contributed by atoms with E-state index in [2.05, 4.69) is 0 Å². The Labute approximate surface area is 185 Å². The van der Waals surface area contributed by atoms with Crippen molar-refractivity contribution in [2.75, 3.05) is 6.61 Å². The Morgan fingerprint density at radius 1 is 0.938 bits per heavy atom. The molecule has 0 amide bonds. The van der Waals surface area contributed by atoms with Crippen molar-refractivity contribution in [2.24, 2.45) is 0 Å². The number of ether oxygens (including phenoxy) is 3. The molecule has 0 aliphatic carbocycles. The zero-order chi connectivity index (χ0) is 23.6. The minimum atomic E-state index is -4.02. The van der Waals surface area contributed by atoms with E-state index in [1.54, 1.807) is 19.1 Å². The second kappa shape index (κ2) is 9.09. The molecule has 0 radical (unpaired) electrons. The maximum atomic E-state index is 13.2. The minimum Gasteiger partial charge on any atom is -0.465 e. The van der Waals surface area contributed by atoms with Gasteiger partial charge in [-0.05, 0) is 43.7 Å². The van der Waals surface area contributed by atoms with Gasteiger partial charge in [0.2, 0.25) is 10.0 Å². The predicted octanol–water partition coefficient (Wildman–Crippen LogP) is 2.52. The van der Waals surface area contributed by atoms with Gasteiger partial charge in [0.1, 0.15) is 6.04 Å². The number of hydrogen-bond acceptors (Lipinski definition) is 8. The maximum absolute atomic E-state index is 13.2. The largest absolute Gasteiger partial charge is 0.465 e. The molecular formula is C22H23NO8S. The maximum Gasteiger partial charge on any atom is 0.326 e. The van der Waals surface area contributed by atoms with E-state index in [4.69, 9.17) is 14.2 Å². The summed E-state index contributed by atoms with van der Waals surface area (Å²) in [4.78, 5) is 35.4. The van der Waals surface area contributed by atoms with Crippen molar-refractivity contribution in [2.45, 2.75) is 44.7 Å². The lowest BCUT2D eigenvalue weighted by Gasteiger charge is -2.11. The fraction of sp³-hybridized carbons (Fsp3) is 0.318. The molecule has 0 spiro atoms. The highest BCUT2D eigenvalue weighted by atomic mass is 32.2. The van der Waals surface area contributed by atoms with Crippen LogP contribution < -0.4 is 9.47 Å². The van der Waals surface area contributed by atoms with Crippen LogP contribution >= 0.6 is 0 Å². The molecule has 1 heterocycles. The first-order valence-corrected chi connectivity index (χ1v) is 11.3. The van der Waals surface area contributed by atoms with Crippen LogP contribution in [0.4, 0.5) is 0 Å². The molecule has 1 unspecified atom stereocenters. The number of rotatable bonds is 7. The number of esters is 3. The van der Waals surface area contributed by atoms with Gasteiger partial charge in [0.15, 0.2) is 11.5 Å². The average molecular weight is 461 g/mol. The Bertz CT molecular complexity index is 1160. The summed E-state index contributed by atoms with van der Waals surface area (Å²) in [6.07, 6.45) is 0. The summed E-state index contributed by atoms with van der Waals surface area (Å²) in [5, 5.41) is 0. The van der Waals surface area contributed by atoms with Crippen molar-refractivity contribution in [3.63, 3.8) is 0 Å². The summed E-state index contributed by atoms with van der Waals surface area (Å²) in [6.45, 7) is 5.92. The Hall–Kier alpha value is -3.24. The van der Waals surface area contributed by atoms with E-state index in [0.29, 0.717) is 5.56 Å². The lowest BCUT2D eigenvalue weighted by molar-refractivity contribution is -0.143. The summed E-state index contributed by atoms with van der Waals surface area (Å²) in [5.41, 5.74) is 1.27. The van der Waals surface area contributed by atoms with Gasteiger partial charge in [-0.2, -0.15) is 4.31 Å². The van der Waals surface area contributed by atoms with Crippen LogP contribution in [0.3, 0.4) is 0 Å². The molecule has 0 saturated carbocycles. The van der Waals surface area contributed by atoms with Crippen LogP contribution in [0.25, 0.3) is 0 Å².